The Morgan fingerprint density at radius 1 is 0.931 bits per heavy atom. The van der Waals surface area contributed by atoms with Crippen molar-refractivity contribution in [2.45, 2.75) is 98.8 Å². The van der Waals surface area contributed by atoms with Crippen LogP contribution in [-0.4, -0.2) is 11.5 Å². The van der Waals surface area contributed by atoms with Gasteiger partial charge in [0.2, 0.25) is 0 Å². The number of hydrogen-bond donors (Lipinski definition) is 1. The van der Waals surface area contributed by atoms with Gasteiger partial charge in [-0.25, -0.2) is 0 Å². The van der Waals surface area contributed by atoms with E-state index in [-0.39, 0.29) is 16.6 Å². The van der Waals surface area contributed by atoms with E-state index in [2.05, 4.69) is 112 Å². The SMILES string of the molecule is C#C.C=C(CCS)CCC(C)=O.CC(C)(C)c1cccc(C(C)(C)C)c1.CCC. The molecule has 0 aromatic heterocycles. The van der Waals surface area contributed by atoms with Crippen LogP contribution in [-0.2, 0) is 15.6 Å². The number of ketones is 1. The molecular weight excluding hydrogens is 372 g/mol. The van der Waals surface area contributed by atoms with Gasteiger partial charge in [-0.1, -0.05) is 98.2 Å². The lowest BCUT2D eigenvalue weighted by molar-refractivity contribution is -0.116. The van der Waals surface area contributed by atoms with Crippen LogP contribution in [0, 0.1) is 12.8 Å². The minimum absolute atomic E-state index is 0.236. The van der Waals surface area contributed by atoms with Gasteiger partial charge in [0.15, 0.2) is 0 Å². The van der Waals surface area contributed by atoms with Gasteiger partial charge in [0.1, 0.15) is 5.78 Å². The summed E-state index contributed by atoms with van der Waals surface area (Å²) in [5.41, 5.74) is 4.47. The highest BCUT2D eigenvalue weighted by molar-refractivity contribution is 7.80. The van der Waals surface area contributed by atoms with Gasteiger partial charge in [-0.05, 0) is 47.5 Å². The van der Waals surface area contributed by atoms with Crippen molar-refractivity contribution in [1.82, 2.24) is 0 Å². The van der Waals surface area contributed by atoms with Crippen LogP contribution in [0.1, 0.15) is 99.1 Å². The predicted molar refractivity (Wildman–Crippen MR) is 137 cm³/mol. The lowest BCUT2D eigenvalue weighted by Crippen LogP contribution is -2.15. The Hall–Kier alpha value is -1.46. The number of hydrogen-bond acceptors (Lipinski definition) is 2. The van der Waals surface area contributed by atoms with Crippen molar-refractivity contribution in [2.24, 2.45) is 0 Å². The van der Waals surface area contributed by atoms with Crippen molar-refractivity contribution >= 4 is 18.4 Å². The summed E-state index contributed by atoms with van der Waals surface area (Å²) in [5, 5.41) is 0. The Balaban J connectivity index is -0.000000395. The molecule has 2 heteroatoms. The monoisotopic (exact) mass is 418 g/mol. The highest BCUT2D eigenvalue weighted by Gasteiger charge is 2.18. The number of benzene rings is 1. The van der Waals surface area contributed by atoms with Gasteiger partial charge in [-0.2, -0.15) is 12.6 Å². The fraction of sp³-hybridized carbons (Fsp3) is 0.593. The fourth-order valence-electron chi connectivity index (χ4n) is 2.09. The van der Waals surface area contributed by atoms with E-state index in [1.165, 1.54) is 17.5 Å². The van der Waals surface area contributed by atoms with Crippen molar-refractivity contribution in [1.29, 1.82) is 0 Å². The van der Waals surface area contributed by atoms with Gasteiger partial charge in [0, 0.05) is 6.42 Å². The van der Waals surface area contributed by atoms with E-state index in [1.54, 1.807) is 6.92 Å². The third kappa shape index (κ3) is 19.6. The van der Waals surface area contributed by atoms with Crippen LogP contribution < -0.4 is 0 Å². The van der Waals surface area contributed by atoms with Gasteiger partial charge in [0.05, 0.1) is 0 Å². The number of allylic oxidation sites excluding steroid dienone is 1. The largest absolute Gasteiger partial charge is 0.300 e. The summed E-state index contributed by atoms with van der Waals surface area (Å²) >= 11 is 4.06. The van der Waals surface area contributed by atoms with Gasteiger partial charge in [-0.3, -0.25) is 0 Å². The molecule has 0 spiro atoms. The zero-order valence-electron chi connectivity index (χ0n) is 20.6. The standard InChI is InChI=1S/C14H22.C8H14OS.C3H8.C2H2/c1-13(2,3)11-8-7-9-12(10-11)14(4,5)6;1-7(5-6-10)3-4-8(2)9;1-3-2;1-2/h7-10H,1-6H3;10H,1,3-6H2,2H3;3H2,1-2H3;1-2H. The summed E-state index contributed by atoms with van der Waals surface area (Å²) in [6, 6.07) is 8.94. The summed E-state index contributed by atoms with van der Waals surface area (Å²) in [5.74, 6) is 1.07. The summed E-state index contributed by atoms with van der Waals surface area (Å²) in [6.45, 7) is 23.2. The average molecular weight is 419 g/mol. The summed E-state index contributed by atoms with van der Waals surface area (Å²) in [4.78, 5) is 10.5. The normalized spacial score (nSPS) is 10.2. The van der Waals surface area contributed by atoms with E-state index in [4.69, 9.17) is 0 Å². The van der Waals surface area contributed by atoms with Crippen LogP contribution >= 0.6 is 12.6 Å². The molecule has 0 bridgehead atoms. The molecule has 166 valence electrons. The third-order valence-electron chi connectivity index (χ3n) is 3.89. The zero-order valence-corrected chi connectivity index (χ0v) is 21.5. The molecule has 0 saturated heterocycles. The van der Waals surface area contributed by atoms with E-state index < -0.39 is 0 Å². The van der Waals surface area contributed by atoms with Crippen molar-refractivity contribution in [3.63, 3.8) is 0 Å². The molecule has 0 aliphatic carbocycles. The lowest BCUT2D eigenvalue weighted by Gasteiger charge is -2.24. The first-order valence-corrected chi connectivity index (χ1v) is 11.1. The van der Waals surface area contributed by atoms with Crippen LogP contribution in [0.4, 0.5) is 0 Å². The molecule has 0 amide bonds. The summed E-state index contributed by atoms with van der Waals surface area (Å²) < 4.78 is 0. The van der Waals surface area contributed by atoms with Gasteiger partial charge in [0.25, 0.3) is 0 Å². The van der Waals surface area contributed by atoms with Gasteiger partial charge < -0.3 is 4.79 Å². The highest BCUT2D eigenvalue weighted by Crippen LogP contribution is 2.28. The molecule has 0 heterocycles. The molecule has 29 heavy (non-hydrogen) atoms. The smallest absolute Gasteiger partial charge is 0.130 e. The number of carbonyl (C=O) groups is 1. The van der Waals surface area contributed by atoms with E-state index in [0.717, 1.165) is 24.2 Å². The Morgan fingerprint density at radius 2 is 1.31 bits per heavy atom. The molecule has 0 aliphatic rings. The van der Waals surface area contributed by atoms with Crippen molar-refractivity contribution < 1.29 is 4.79 Å². The molecule has 1 aromatic carbocycles. The Bertz CT molecular complexity index is 553. The molecule has 0 N–H and O–H groups in total. The third-order valence-corrected chi connectivity index (χ3v) is 4.11. The van der Waals surface area contributed by atoms with Crippen LogP contribution in [0.5, 0.6) is 0 Å². The molecule has 1 aromatic rings. The number of carbonyl (C=O) groups excluding carboxylic acids is 1. The average Bonchev–Trinajstić information content (AvgIpc) is 2.62. The predicted octanol–water partition coefficient (Wildman–Crippen LogP) is 8.18. The minimum atomic E-state index is 0.236. The lowest BCUT2D eigenvalue weighted by atomic mass is 9.81. The van der Waals surface area contributed by atoms with E-state index >= 15 is 0 Å². The fourth-order valence-corrected chi connectivity index (χ4v) is 2.40. The number of thiol groups is 1. The maximum Gasteiger partial charge on any atom is 0.130 e. The number of Topliss-reactive ketones (excluding diaryl/α,β-unsaturated/α-hetero) is 1. The maximum absolute atomic E-state index is 10.5. The van der Waals surface area contributed by atoms with Crippen LogP contribution in [0.2, 0.25) is 0 Å². The second-order valence-corrected chi connectivity index (χ2v) is 9.66. The van der Waals surface area contributed by atoms with Crippen molar-refractivity contribution in [3.05, 3.63) is 47.5 Å². The molecule has 1 nitrogen and oxygen atoms in total. The maximum atomic E-state index is 10.5. The molecule has 0 radical (unpaired) electrons. The second-order valence-electron chi connectivity index (χ2n) is 9.21. The van der Waals surface area contributed by atoms with Gasteiger partial charge in [-0.15, -0.1) is 12.8 Å². The van der Waals surface area contributed by atoms with Crippen molar-refractivity contribution in [2.75, 3.05) is 5.75 Å². The van der Waals surface area contributed by atoms with Crippen LogP contribution in [0.15, 0.2) is 36.4 Å². The van der Waals surface area contributed by atoms with Gasteiger partial charge >= 0.3 is 0 Å². The summed E-state index contributed by atoms with van der Waals surface area (Å²) in [7, 11) is 0. The summed E-state index contributed by atoms with van der Waals surface area (Å²) in [6.07, 6.45) is 11.6. The van der Waals surface area contributed by atoms with E-state index in [9.17, 15) is 4.79 Å². The first-order valence-electron chi connectivity index (χ1n) is 10.5. The van der Waals surface area contributed by atoms with E-state index in [0.29, 0.717) is 6.42 Å². The minimum Gasteiger partial charge on any atom is -0.300 e. The molecule has 0 saturated carbocycles. The molecule has 1 rings (SSSR count). The van der Waals surface area contributed by atoms with Crippen LogP contribution in [0.3, 0.4) is 0 Å². The topological polar surface area (TPSA) is 17.1 Å². The number of rotatable bonds is 5. The van der Waals surface area contributed by atoms with Crippen molar-refractivity contribution in [3.8, 4) is 12.8 Å². The van der Waals surface area contributed by atoms with Crippen LogP contribution in [0.25, 0.3) is 0 Å². The first kappa shape index (κ1) is 32.2. The molecule has 0 fully saturated rings. The zero-order chi connectivity index (χ0) is 23.7. The molecular formula is C27H46OS. The van der Waals surface area contributed by atoms with E-state index in [1.807, 2.05) is 0 Å². The second kappa shape index (κ2) is 17.4. The Morgan fingerprint density at radius 3 is 1.59 bits per heavy atom. The Kier molecular flexibility index (Phi) is 19.3. The highest BCUT2D eigenvalue weighted by atomic mass is 32.1. The quantitative estimate of drug-likeness (QED) is 0.290. The molecule has 0 aliphatic heterocycles. The number of terminal acetylenes is 1. The first-order chi connectivity index (χ1) is 13.3. The Labute approximate surface area is 188 Å². The molecule has 0 unspecified atom stereocenters. The molecule has 0 atom stereocenters.